The average Bonchev–Trinajstić information content (AvgIpc) is 2.16. The number of rotatable bonds is 10. The van der Waals surface area contributed by atoms with Gasteiger partial charge in [0, 0.05) is 6.42 Å². The van der Waals surface area contributed by atoms with Crippen LogP contribution in [0.3, 0.4) is 0 Å². The molecule has 0 atom stereocenters. The molecule has 0 amide bonds. The molecule has 4 nitrogen and oxygen atoms in total. The summed E-state index contributed by atoms with van der Waals surface area (Å²) in [6.07, 6.45) is 5.19. The fourth-order valence-electron chi connectivity index (χ4n) is 2.16. The van der Waals surface area contributed by atoms with Crippen LogP contribution in [0.15, 0.2) is 25.3 Å². The molecule has 1 N–H and O–H groups in total. The highest BCUT2D eigenvalue weighted by atomic mass is 32.2. The average molecular weight is 262 g/mol. The van der Waals surface area contributed by atoms with Crippen molar-refractivity contribution in [3.05, 3.63) is 25.3 Å². The molecule has 0 aromatic rings. The Morgan fingerprint density at radius 1 is 1.18 bits per heavy atom. The molecule has 5 heteroatoms. The molecule has 0 aromatic carbocycles. The number of hydrogen-bond acceptors (Lipinski definition) is 2. The van der Waals surface area contributed by atoms with Crippen LogP contribution in [0.1, 0.15) is 19.8 Å². The highest BCUT2D eigenvalue weighted by molar-refractivity contribution is 7.85. The van der Waals surface area contributed by atoms with Crippen molar-refractivity contribution in [2.75, 3.05) is 31.9 Å². The van der Waals surface area contributed by atoms with Crippen LogP contribution in [0.2, 0.25) is 0 Å². The highest BCUT2D eigenvalue weighted by Gasteiger charge is 2.23. The minimum absolute atomic E-state index is 0.176. The van der Waals surface area contributed by atoms with Crippen molar-refractivity contribution >= 4 is 10.1 Å². The summed E-state index contributed by atoms with van der Waals surface area (Å²) < 4.78 is 30.9. The number of hydrogen-bond donors (Lipinski definition) is 1. The van der Waals surface area contributed by atoms with E-state index in [0.29, 0.717) is 13.0 Å². The third-order valence-electron chi connectivity index (χ3n) is 2.77. The molecule has 0 aromatic heterocycles. The molecule has 0 aliphatic rings. The summed E-state index contributed by atoms with van der Waals surface area (Å²) in [4.78, 5) is 0. The van der Waals surface area contributed by atoms with Crippen LogP contribution >= 0.6 is 0 Å². The van der Waals surface area contributed by atoms with E-state index in [-0.39, 0.29) is 5.75 Å². The molecule has 0 radical (unpaired) electrons. The molecule has 0 unspecified atom stereocenters. The molecule has 17 heavy (non-hydrogen) atoms. The zero-order valence-electron chi connectivity index (χ0n) is 10.6. The summed E-state index contributed by atoms with van der Waals surface area (Å²) in [5.41, 5.74) is 0. The first kappa shape index (κ1) is 16.4. The lowest BCUT2D eigenvalue weighted by atomic mass is 10.2. The van der Waals surface area contributed by atoms with Gasteiger partial charge in [0.2, 0.25) is 0 Å². The maximum Gasteiger partial charge on any atom is 0.265 e. The first-order valence-corrected chi connectivity index (χ1v) is 7.52. The minimum Gasteiger partial charge on any atom is -0.317 e. The molecule has 0 fully saturated rings. The van der Waals surface area contributed by atoms with E-state index in [2.05, 4.69) is 20.1 Å². The van der Waals surface area contributed by atoms with Crippen molar-refractivity contribution < 1.29 is 17.5 Å². The van der Waals surface area contributed by atoms with E-state index in [0.717, 1.165) is 30.5 Å². The molecule has 0 aliphatic carbocycles. The molecule has 0 heterocycles. The van der Waals surface area contributed by atoms with Crippen molar-refractivity contribution in [1.29, 1.82) is 0 Å². The summed E-state index contributed by atoms with van der Waals surface area (Å²) in [5, 5.41) is 0. The smallest absolute Gasteiger partial charge is 0.265 e. The third kappa shape index (κ3) is 7.31. The molecule has 0 spiro atoms. The fourth-order valence-corrected chi connectivity index (χ4v) is 2.65. The van der Waals surface area contributed by atoms with E-state index in [9.17, 15) is 8.42 Å². The van der Waals surface area contributed by atoms with E-state index in [1.54, 1.807) is 0 Å². The largest absolute Gasteiger partial charge is 0.317 e. The summed E-state index contributed by atoms with van der Waals surface area (Å²) in [6.45, 7) is 12.9. The molecule has 0 bridgehead atoms. The van der Waals surface area contributed by atoms with E-state index in [1.165, 1.54) is 0 Å². The Bertz CT molecular complexity index is 326. The molecule has 0 rings (SSSR count). The Kier molecular flexibility index (Phi) is 7.34. The molecule has 100 valence electrons. The fraction of sp³-hybridized carbons (Fsp3) is 0.667. The lowest BCUT2D eigenvalue weighted by Gasteiger charge is -2.37. The van der Waals surface area contributed by atoms with Crippen LogP contribution in [0.25, 0.3) is 0 Å². The van der Waals surface area contributed by atoms with Crippen molar-refractivity contribution in [1.82, 2.24) is 0 Å². The summed E-state index contributed by atoms with van der Waals surface area (Å²) in [7, 11) is -3.85. The van der Waals surface area contributed by atoms with Crippen molar-refractivity contribution in [2.24, 2.45) is 0 Å². The zero-order chi connectivity index (χ0) is 13.4. The first-order chi connectivity index (χ1) is 7.89. The van der Waals surface area contributed by atoms with Gasteiger partial charge in [0.15, 0.2) is 0 Å². The predicted molar refractivity (Wildman–Crippen MR) is 71.4 cm³/mol. The molecular formula is C12H24NO3S+. The van der Waals surface area contributed by atoms with Gasteiger partial charge in [-0.2, -0.15) is 8.42 Å². The van der Waals surface area contributed by atoms with Gasteiger partial charge >= 0.3 is 0 Å². The lowest BCUT2D eigenvalue weighted by molar-refractivity contribution is -0.917. The van der Waals surface area contributed by atoms with Gasteiger partial charge in [-0.3, -0.25) is 4.55 Å². The normalized spacial score (nSPS) is 12.4. The van der Waals surface area contributed by atoms with Gasteiger partial charge < -0.3 is 4.48 Å². The summed E-state index contributed by atoms with van der Waals surface area (Å²) in [6, 6.07) is 0. The maximum absolute atomic E-state index is 10.7. The van der Waals surface area contributed by atoms with Crippen LogP contribution < -0.4 is 0 Å². The number of nitrogens with zero attached hydrogens (tertiary/aromatic N) is 1. The van der Waals surface area contributed by atoms with Crippen LogP contribution in [0, 0.1) is 0 Å². The van der Waals surface area contributed by atoms with Gasteiger partial charge in [-0.25, -0.2) is 0 Å². The second-order valence-electron chi connectivity index (χ2n) is 4.37. The summed E-state index contributed by atoms with van der Waals surface area (Å²) >= 11 is 0. The van der Waals surface area contributed by atoms with Crippen LogP contribution in [0.5, 0.6) is 0 Å². The summed E-state index contributed by atoms with van der Waals surface area (Å²) in [5.74, 6) is -0.176. The van der Waals surface area contributed by atoms with E-state index in [1.807, 2.05) is 12.2 Å². The zero-order valence-corrected chi connectivity index (χ0v) is 11.5. The van der Waals surface area contributed by atoms with Gasteiger partial charge in [-0.1, -0.05) is 20.1 Å². The Morgan fingerprint density at radius 2 is 1.71 bits per heavy atom. The minimum atomic E-state index is -3.85. The van der Waals surface area contributed by atoms with Gasteiger partial charge in [0.25, 0.3) is 10.1 Å². The van der Waals surface area contributed by atoms with Crippen molar-refractivity contribution in [3.8, 4) is 0 Å². The topological polar surface area (TPSA) is 54.4 Å². The van der Waals surface area contributed by atoms with Gasteiger partial charge in [-0.15, -0.1) is 0 Å². The quantitative estimate of drug-likeness (QED) is 0.371. The number of quaternary nitrogens is 1. The Morgan fingerprint density at radius 3 is 2.06 bits per heavy atom. The van der Waals surface area contributed by atoms with E-state index < -0.39 is 10.1 Å². The second kappa shape index (κ2) is 7.63. The van der Waals surface area contributed by atoms with Crippen LogP contribution in [-0.2, 0) is 10.1 Å². The molecular weight excluding hydrogens is 238 g/mol. The Labute approximate surface area is 105 Å². The van der Waals surface area contributed by atoms with Gasteiger partial charge in [-0.05, 0) is 18.6 Å². The SMILES string of the molecule is C=CC[N+](CC=C)(CCC)CCCS(=O)(=O)O. The van der Waals surface area contributed by atoms with Crippen molar-refractivity contribution in [2.45, 2.75) is 19.8 Å². The standard InChI is InChI=1S/C12H23NO3S/c1-4-8-13(9-5-2,10-6-3)11-7-12-17(14,15)16/h4-5H,1-2,6-12H2,3H3/p+1. The van der Waals surface area contributed by atoms with Crippen LogP contribution in [-0.4, -0.2) is 49.4 Å². The highest BCUT2D eigenvalue weighted by Crippen LogP contribution is 2.11. The van der Waals surface area contributed by atoms with Crippen molar-refractivity contribution in [3.63, 3.8) is 0 Å². The van der Waals surface area contributed by atoms with Gasteiger partial charge in [0.05, 0.1) is 31.9 Å². The second-order valence-corrected chi connectivity index (χ2v) is 5.94. The maximum atomic E-state index is 10.7. The predicted octanol–water partition coefficient (Wildman–Crippen LogP) is 1.86. The molecule has 0 aliphatic heterocycles. The first-order valence-electron chi connectivity index (χ1n) is 5.91. The van der Waals surface area contributed by atoms with Crippen LogP contribution in [0.4, 0.5) is 0 Å². The Hall–Kier alpha value is -0.650. The third-order valence-corrected chi connectivity index (χ3v) is 3.57. The monoisotopic (exact) mass is 262 g/mol. The van der Waals surface area contributed by atoms with E-state index in [4.69, 9.17) is 4.55 Å². The molecule has 0 saturated carbocycles. The Balaban J connectivity index is 4.53. The lowest BCUT2D eigenvalue weighted by Crippen LogP contribution is -2.49. The van der Waals surface area contributed by atoms with Gasteiger partial charge in [0.1, 0.15) is 0 Å². The van der Waals surface area contributed by atoms with E-state index >= 15 is 0 Å². The molecule has 0 saturated heterocycles.